The zero-order valence-corrected chi connectivity index (χ0v) is 11.5. The first-order valence-corrected chi connectivity index (χ1v) is 6.33. The van der Waals surface area contributed by atoms with Gasteiger partial charge in [0.2, 0.25) is 0 Å². The van der Waals surface area contributed by atoms with Gasteiger partial charge in [0, 0.05) is 0 Å². The van der Waals surface area contributed by atoms with Crippen LogP contribution in [0.1, 0.15) is 12.5 Å². The van der Waals surface area contributed by atoms with Crippen molar-refractivity contribution >= 4 is 0 Å². The number of hydrogen-bond acceptors (Lipinski definition) is 4. The fourth-order valence-corrected chi connectivity index (χ4v) is 1.73. The van der Waals surface area contributed by atoms with Gasteiger partial charge in [-0.3, -0.25) is 0 Å². The van der Waals surface area contributed by atoms with Crippen molar-refractivity contribution in [3.8, 4) is 11.5 Å². The Labute approximate surface area is 109 Å². The van der Waals surface area contributed by atoms with Crippen LogP contribution in [0, 0.1) is 5.92 Å². The van der Waals surface area contributed by atoms with Crippen molar-refractivity contribution in [2.75, 3.05) is 33.9 Å². The number of nitrogens with two attached hydrogens (primary N) is 1. The van der Waals surface area contributed by atoms with Gasteiger partial charge in [0.15, 0.2) is 0 Å². The Morgan fingerprint density at radius 2 is 2.06 bits per heavy atom. The van der Waals surface area contributed by atoms with Crippen LogP contribution in [0.15, 0.2) is 18.2 Å². The Bertz CT molecular complexity index is 356. The lowest BCUT2D eigenvalue weighted by atomic mass is 10.1. The van der Waals surface area contributed by atoms with Gasteiger partial charge in [-0.25, -0.2) is 0 Å². The Morgan fingerprint density at radius 3 is 2.67 bits per heavy atom. The van der Waals surface area contributed by atoms with Crippen molar-refractivity contribution in [2.45, 2.75) is 13.3 Å². The van der Waals surface area contributed by atoms with Crippen molar-refractivity contribution in [1.82, 2.24) is 5.32 Å². The minimum absolute atomic E-state index is 0.511. The van der Waals surface area contributed by atoms with Crippen LogP contribution in [0.5, 0.6) is 11.5 Å². The highest BCUT2D eigenvalue weighted by Crippen LogP contribution is 2.24. The summed E-state index contributed by atoms with van der Waals surface area (Å²) in [5.41, 5.74) is 6.73. The highest BCUT2D eigenvalue weighted by molar-refractivity contribution is 5.40. The minimum Gasteiger partial charge on any atom is -0.497 e. The summed E-state index contributed by atoms with van der Waals surface area (Å²) in [5, 5.41) is 3.40. The third kappa shape index (κ3) is 4.55. The van der Waals surface area contributed by atoms with E-state index >= 15 is 0 Å². The molecule has 1 unspecified atom stereocenters. The highest BCUT2D eigenvalue weighted by Gasteiger charge is 2.05. The van der Waals surface area contributed by atoms with Gasteiger partial charge in [-0.2, -0.15) is 0 Å². The second-order valence-corrected chi connectivity index (χ2v) is 4.47. The summed E-state index contributed by atoms with van der Waals surface area (Å²) in [6.07, 6.45) is 0.914. The SMILES string of the molecule is COc1ccc(OC)c(CCNCC(C)CN)c1. The van der Waals surface area contributed by atoms with Crippen molar-refractivity contribution < 1.29 is 9.47 Å². The molecular formula is C14H24N2O2. The summed E-state index contributed by atoms with van der Waals surface area (Å²) in [6, 6.07) is 5.87. The van der Waals surface area contributed by atoms with E-state index in [9.17, 15) is 0 Å². The summed E-state index contributed by atoms with van der Waals surface area (Å²) in [7, 11) is 3.36. The summed E-state index contributed by atoms with van der Waals surface area (Å²) in [4.78, 5) is 0. The first-order valence-electron chi connectivity index (χ1n) is 6.33. The Morgan fingerprint density at radius 1 is 1.28 bits per heavy atom. The molecule has 1 aromatic carbocycles. The molecule has 0 spiro atoms. The van der Waals surface area contributed by atoms with E-state index in [4.69, 9.17) is 15.2 Å². The molecule has 0 heterocycles. The lowest BCUT2D eigenvalue weighted by Gasteiger charge is -2.12. The average Bonchev–Trinajstić information content (AvgIpc) is 2.42. The van der Waals surface area contributed by atoms with Crippen LogP contribution in [0.2, 0.25) is 0 Å². The fraction of sp³-hybridized carbons (Fsp3) is 0.571. The maximum Gasteiger partial charge on any atom is 0.122 e. The molecule has 4 nitrogen and oxygen atoms in total. The van der Waals surface area contributed by atoms with E-state index in [1.54, 1.807) is 14.2 Å². The van der Waals surface area contributed by atoms with Gasteiger partial charge in [0.05, 0.1) is 14.2 Å². The topological polar surface area (TPSA) is 56.5 Å². The van der Waals surface area contributed by atoms with Crippen LogP contribution in [0.4, 0.5) is 0 Å². The quantitative estimate of drug-likeness (QED) is 0.687. The molecule has 18 heavy (non-hydrogen) atoms. The Hall–Kier alpha value is -1.26. The molecule has 0 fully saturated rings. The molecule has 0 aromatic heterocycles. The molecule has 1 rings (SSSR count). The second-order valence-electron chi connectivity index (χ2n) is 4.47. The van der Waals surface area contributed by atoms with Crippen molar-refractivity contribution in [1.29, 1.82) is 0 Å². The van der Waals surface area contributed by atoms with Crippen LogP contribution in [0.25, 0.3) is 0 Å². The van der Waals surface area contributed by atoms with E-state index in [-0.39, 0.29) is 0 Å². The second kappa shape index (κ2) is 7.95. The molecule has 102 valence electrons. The van der Waals surface area contributed by atoms with Gasteiger partial charge in [0.25, 0.3) is 0 Å². The molecule has 0 bridgehead atoms. The number of benzene rings is 1. The van der Waals surface area contributed by atoms with Gasteiger partial charge in [0.1, 0.15) is 11.5 Å². The first kappa shape index (κ1) is 14.8. The molecule has 0 aliphatic heterocycles. The van der Waals surface area contributed by atoms with Crippen LogP contribution in [-0.2, 0) is 6.42 Å². The van der Waals surface area contributed by atoms with Crippen LogP contribution >= 0.6 is 0 Å². The molecule has 0 saturated heterocycles. The molecule has 0 amide bonds. The van der Waals surface area contributed by atoms with E-state index < -0.39 is 0 Å². The normalized spacial score (nSPS) is 12.2. The molecule has 1 aromatic rings. The number of hydrogen-bond donors (Lipinski definition) is 2. The minimum atomic E-state index is 0.511. The summed E-state index contributed by atoms with van der Waals surface area (Å²) >= 11 is 0. The number of rotatable bonds is 8. The Balaban J connectivity index is 2.49. The summed E-state index contributed by atoms with van der Waals surface area (Å²) in [6.45, 7) is 4.71. The van der Waals surface area contributed by atoms with E-state index in [0.29, 0.717) is 5.92 Å². The van der Waals surface area contributed by atoms with Crippen molar-refractivity contribution in [3.63, 3.8) is 0 Å². The smallest absolute Gasteiger partial charge is 0.122 e. The lowest BCUT2D eigenvalue weighted by Crippen LogP contribution is -2.27. The molecule has 0 aliphatic rings. The first-order chi connectivity index (χ1) is 8.71. The van der Waals surface area contributed by atoms with Gasteiger partial charge in [-0.15, -0.1) is 0 Å². The van der Waals surface area contributed by atoms with E-state index in [0.717, 1.165) is 43.1 Å². The van der Waals surface area contributed by atoms with E-state index in [1.165, 1.54) is 0 Å². The molecule has 0 radical (unpaired) electrons. The average molecular weight is 252 g/mol. The Kier molecular flexibility index (Phi) is 6.54. The monoisotopic (exact) mass is 252 g/mol. The van der Waals surface area contributed by atoms with Crippen LogP contribution in [-0.4, -0.2) is 33.9 Å². The van der Waals surface area contributed by atoms with E-state index in [1.807, 2.05) is 18.2 Å². The van der Waals surface area contributed by atoms with Gasteiger partial charge in [-0.05, 0) is 55.7 Å². The third-order valence-electron chi connectivity index (χ3n) is 2.95. The molecule has 0 aliphatic carbocycles. The predicted octanol–water partition coefficient (Wildman–Crippen LogP) is 1.43. The zero-order chi connectivity index (χ0) is 13.4. The van der Waals surface area contributed by atoms with Crippen molar-refractivity contribution in [3.05, 3.63) is 23.8 Å². The molecule has 0 saturated carbocycles. The summed E-state index contributed by atoms with van der Waals surface area (Å²) in [5.74, 6) is 2.28. The van der Waals surface area contributed by atoms with Crippen LogP contribution < -0.4 is 20.5 Å². The number of ether oxygens (including phenoxy) is 2. The van der Waals surface area contributed by atoms with Gasteiger partial charge < -0.3 is 20.5 Å². The van der Waals surface area contributed by atoms with E-state index in [2.05, 4.69) is 12.2 Å². The maximum absolute atomic E-state index is 5.57. The summed E-state index contributed by atoms with van der Waals surface area (Å²) < 4.78 is 10.6. The van der Waals surface area contributed by atoms with Crippen LogP contribution in [0.3, 0.4) is 0 Å². The largest absolute Gasteiger partial charge is 0.497 e. The van der Waals surface area contributed by atoms with Crippen molar-refractivity contribution in [2.24, 2.45) is 11.7 Å². The fourth-order valence-electron chi connectivity index (χ4n) is 1.73. The number of methoxy groups -OCH3 is 2. The predicted molar refractivity (Wildman–Crippen MR) is 74.3 cm³/mol. The van der Waals surface area contributed by atoms with Gasteiger partial charge in [-0.1, -0.05) is 6.92 Å². The highest BCUT2D eigenvalue weighted by atomic mass is 16.5. The molecule has 3 N–H and O–H groups in total. The maximum atomic E-state index is 5.57. The molecular weight excluding hydrogens is 228 g/mol. The lowest BCUT2D eigenvalue weighted by molar-refractivity contribution is 0.398. The number of nitrogens with one attached hydrogen (secondary N) is 1. The third-order valence-corrected chi connectivity index (χ3v) is 2.95. The van der Waals surface area contributed by atoms with Gasteiger partial charge >= 0.3 is 0 Å². The zero-order valence-electron chi connectivity index (χ0n) is 11.5. The standard InChI is InChI=1S/C14H24N2O2/c1-11(9-15)10-16-7-6-12-8-13(17-2)4-5-14(12)18-3/h4-5,8,11,16H,6-7,9-10,15H2,1-3H3. The molecule has 4 heteroatoms. The molecule has 1 atom stereocenters.